The number of nitrogens with zero attached hydrogens (tertiary/aromatic N) is 2. The van der Waals surface area contributed by atoms with Gasteiger partial charge in [-0.25, -0.2) is 8.42 Å². The van der Waals surface area contributed by atoms with Gasteiger partial charge in [-0.05, 0) is 26.5 Å². The lowest BCUT2D eigenvalue weighted by Gasteiger charge is -2.24. The van der Waals surface area contributed by atoms with Crippen molar-refractivity contribution in [3.63, 3.8) is 0 Å². The van der Waals surface area contributed by atoms with Crippen LogP contribution < -0.4 is 5.32 Å². The van der Waals surface area contributed by atoms with E-state index in [0.29, 0.717) is 0 Å². The Morgan fingerprint density at radius 2 is 2.12 bits per heavy atom. The molecule has 0 spiro atoms. The van der Waals surface area contributed by atoms with Crippen LogP contribution >= 0.6 is 0 Å². The fourth-order valence-electron chi connectivity index (χ4n) is 1.85. The van der Waals surface area contributed by atoms with E-state index in [4.69, 9.17) is 0 Å². The quantitative estimate of drug-likeness (QED) is 0.827. The van der Waals surface area contributed by atoms with Crippen molar-refractivity contribution in [1.29, 1.82) is 0 Å². The van der Waals surface area contributed by atoms with Crippen LogP contribution in [0.2, 0.25) is 0 Å². The minimum absolute atomic E-state index is 0.211. The fourth-order valence-corrected chi connectivity index (χ4v) is 2.58. The number of aryl methyl sites for hydroxylation is 1. The summed E-state index contributed by atoms with van der Waals surface area (Å²) in [5.74, 6) is 0. The molecule has 6 heteroatoms. The van der Waals surface area contributed by atoms with Crippen molar-refractivity contribution in [2.45, 2.75) is 38.6 Å². The second-order valence-corrected chi connectivity index (χ2v) is 6.54. The molecule has 1 N–H and O–H groups in total. The van der Waals surface area contributed by atoms with Crippen LogP contribution in [0.15, 0.2) is 12.3 Å². The molecule has 1 aromatic heterocycles. The topological polar surface area (TPSA) is 64.0 Å². The highest BCUT2D eigenvalue weighted by molar-refractivity contribution is 7.91. The van der Waals surface area contributed by atoms with E-state index in [-0.39, 0.29) is 6.04 Å². The number of nitrogens with one attached hydrogen (secondary N) is 1. The summed E-state index contributed by atoms with van der Waals surface area (Å²) in [5, 5.41) is 6.94. The normalized spacial score (nSPS) is 15.8. The monoisotopic (exact) mass is 259 g/mol. The number of aromatic nitrogens is 2. The number of hydrogen-bond donors (Lipinski definition) is 1. The van der Waals surface area contributed by atoms with Gasteiger partial charge in [0.05, 0.1) is 17.0 Å². The molecular weight excluding hydrogens is 238 g/mol. The first kappa shape index (κ1) is 14.2. The zero-order valence-electron chi connectivity index (χ0n) is 10.8. The number of hydrogen-bond acceptors (Lipinski definition) is 4. The maximum Gasteiger partial charge on any atom is 0.151 e. The van der Waals surface area contributed by atoms with Gasteiger partial charge in [0.1, 0.15) is 0 Å². The zero-order chi connectivity index (χ0) is 13.1. The molecule has 0 amide bonds. The SMILES string of the molecule is CCNC(c1ccnn1CC)C(C)S(C)(=O)=O. The molecule has 0 aliphatic carbocycles. The second kappa shape index (κ2) is 5.64. The first-order valence-corrected chi connectivity index (χ1v) is 7.81. The standard InChI is InChI=1S/C11H21N3O2S/c1-5-12-11(9(3)17(4,15)16)10-7-8-13-14(10)6-2/h7-9,11-12H,5-6H2,1-4H3. The van der Waals surface area contributed by atoms with Crippen LogP contribution in [0.3, 0.4) is 0 Å². The molecule has 1 rings (SSSR count). The van der Waals surface area contributed by atoms with E-state index in [0.717, 1.165) is 18.8 Å². The van der Waals surface area contributed by atoms with Crippen LogP contribution in [-0.4, -0.2) is 36.2 Å². The lowest BCUT2D eigenvalue weighted by atomic mass is 10.1. The minimum atomic E-state index is -3.08. The van der Waals surface area contributed by atoms with E-state index in [1.807, 2.05) is 24.6 Å². The van der Waals surface area contributed by atoms with E-state index < -0.39 is 15.1 Å². The number of sulfone groups is 1. The summed E-state index contributed by atoms with van der Waals surface area (Å²) in [5.41, 5.74) is 0.923. The van der Waals surface area contributed by atoms with Crippen LogP contribution in [0, 0.1) is 0 Å². The maximum atomic E-state index is 11.7. The number of rotatable bonds is 6. The lowest BCUT2D eigenvalue weighted by molar-refractivity contribution is 0.472. The van der Waals surface area contributed by atoms with Gasteiger partial charge in [-0.2, -0.15) is 5.10 Å². The molecule has 0 aliphatic heterocycles. The summed E-state index contributed by atoms with van der Waals surface area (Å²) in [4.78, 5) is 0. The predicted octanol–water partition coefficient (Wildman–Crippen LogP) is 0.987. The van der Waals surface area contributed by atoms with Crippen LogP contribution in [-0.2, 0) is 16.4 Å². The molecule has 5 nitrogen and oxygen atoms in total. The van der Waals surface area contributed by atoms with Gasteiger partial charge in [0, 0.05) is 19.0 Å². The van der Waals surface area contributed by atoms with Crippen LogP contribution in [0.5, 0.6) is 0 Å². The molecule has 0 saturated heterocycles. The highest BCUT2D eigenvalue weighted by atomic mass is 32.2. The lowest BCUT2D eigenvalue weighted by Crippen LogP contribution is -2.36. The van der Waals surface area contributed by atoms with Crippen molar-refractivity contribution in [1.82, 2.24) is 15.1 Å². The van der Waals surface area contributed by atoms with E-state index >= 15 is 0 Å². The molecule has 0 bridgehead atoms. The zero-order valence-corrected chi connectivity index (χ0v) is 11.7. The molecule has 1 aromatic rings. The van der Waals surface area contributed by atoms with Gasteiger partial charge in [-0.15, -0.1) is 0 Å². The van der Waals surface area contributed by atoms with Gasteiger partial charge in [0.2, 0.25) is 0 Å². The largest absolute Gasteiger partial charge is 0.308 e. The average molecular weight is 259 g/mol. The third-order valence-electron chi connectivity index (χ3n) is 2.94. The third-order valence-corrected chi connectivity index (χ3v) is 4.56. The smallest absolute Gasteiger partial charge is 0.151 e. The van der Waals surface area contributed by atoms with Gasteiger partial charge < -0.3 is 5.32 Å². The Morgan fingerprint density at radius 1 is 1.47 bits per heavy atom. The summed E-state index contributed by atoms with van der Waals surface area (Å²) in [6.45, 7) is 7.15. The van der Waals surface area contributed by atoms with Crippen molar-refractivity contribution in [2.24, 2.45) is 0 Å². The average Bonchev–Trinajstić information content (AvgIpc) is 2.71. The Kier molecular flexibility index (Phi) is 4.70. The van der Waals surface area contributed by atoms with Crippen LogP contribution in [0.4, 0.5) is 0 Å². The van der Waals surface area contributed by atoms with Gasteiger partial charge in [-0.1, -0.05) is 6.92 Å². The fraction of sp³-hybridized carbons (Fsp3) is 0.727. The Hall–Kier alpha value is -0.880. The predicted molar refractivity (Wildman–Crippen MR) is 68.6 cm³/mol. The van der Waals surface area contributed by atoms with Crippen molar-refractivity contribution < 1.29 is 8.42 Å². The van der Waals surface area contributed by atoms with Crippen LogP contribution in [0.1, 0.15) is 32.5 Å². The molecule has 0 aliphatic rings. The van der Waals surface area contributed by atoms with Crippen molar-refractivity contribution >= 4 is 9.84 Å². The van der Waals surface area contributed by atoms with Gasteiger partial charge in [-0.3, -0.25) is 4.68 Å². The Bertz CT molecular complexity index is 453. The molecule has 98 valence electrons. The Balaban J connectivity index is 3.09. The summed E-state index contributed by atoms with van der Waals surface area (Å²) in [6, 6.07) is 1.66. The summed E-state index contributed by atoms with van der Waals surface area (Å²) in [7, 11) is -3.08. The highest BCUT2D eigenvalue weighted by Gasteiger charge is 2.28. The van der Waals surface area contributed by atoms with Gasteiger partial charge >= 0.3 is 0 Å². The molecular formula is C11H21N3O2S. The molecule has 0 radical (unpaired) electrons. The third kappa shape index (κ3) is 3.29. The van der Waals surface area contributed by atoms with E-state index in [9.17, 15) is 8.42 Å². The second-order valence-electron chi connectivity index (χ2n) is 4.14. The summed E-state index contributed by atoms with van der Waals surface area (Å²) in [6.07, 6.45) is 2.98. The van der Waals surface area contributed by atoms with E-state index in [1.165, 1.54) is 6.26 Å². The van der Waals surface area contributed by atoms with Gasteiger partial charge in [0.25, 0.3) is 0 Å². The molecule has 1 heterocycles. The highest BCUT2D eigenvalue weighted by Crippen LogP contribution is 2.21. The van der Waals surface area contributed by atoms with Crippen molar-refractivity contribution in [3.05, 3.63) is 18.0 Å². The summed E-state index contributed by atoms with van der Waals surface area (Å²) >= 11 is 0. The molecule has 0 fully saturated rings. The summed E-state index contributed by atoms with van der Waals surface area (Å²) < 4.78 is 25.2. The van der Waals surface area contributed by atoms with Gasteiger partial charge in [0.15, 0.2) is 9.84 Å². The maximum absolute atomic E-state index is 11.7. The minimum Gasteiger partial charge on any atom is -0.308 e. The molecule has 2 unspecified atom stereocenters. The Morgan fingerprint density at radius 3 is 2.59 bits per heavy atom. The van der Waals surface area contributed by atoms with E-state index in [1.54, 1.807) is 13.1 Å². The van der Waals surface area contributed by atoms with Crippen molar-refractivity contribution in [3.8, 4) is 0 Å². The first-order valence-electron chi connectivity index (χ1n) is 5.85. The molecule has 0 aromatic carbocycles. The Labute approximate surface area is 103 Å². The van der Waals surface area contributed by atoms with E-state index in [2.05, 4.69) is 10.4 Å². The molecule has 2 atom stereocenters. The first-order chi connectivity index (χ1) is 7.91. The van der Waals surface area contributed by atoms with Crippen LogP contribution in [0.25, 0.3) is 0 Å². The van der Waals surface area contributed by atoms with Crippen molar-refractivity contribution in [2.75, 3.05) is 12.8 Å². The molecule has 17 heavy (non-hydrogen) atoms. The molecule has 0 saturated carbocycles.